The van der Waals surface area contributed by atoms with Gasteiger partial charge in [0.2, 0.25) is 0 Å². The highest BCUT2D eigenvalue weighted by Gasteiger charge is 2.27. The summed E-state index contributed by atoms with van der Waals surface area (Å²) in [6.07, 6.45) is 3.55. The van der Waals surface area contributed by atoms with E-state index in [9.17, 15) is 9.18 Å². The van der Waals surface area contributed by atoms with Gasteiger partial charge < -0.3 is 0 Å². The maximum absolute atomic E-state index is 13.6. The van der Waals surface area contributed by atoms with Crippen LogP contribution in [0.4, 0.5) is 4.39 Å². The van der Waals surface area contributed by atoms with Gasteiger partial charge in [-0.2, -0.15) is 0 Å². The Kier molecular flexibility index (Phi) is 4.70. The molecule has 0 N–H and O–H groups in total. The first-order valence-corrected chi connectivity index (χ1v) is 7.16. The summed E-state index contributed by atoms with van der Waals surface area (Å²) in [7, 11) is 0. The average molecular weight is 263 g/mol. The molecule has 3 heteroatoms. The summed E-state index contributed by atoms with van der Waals surface area (Å²) in [5.41, 5.74) is 0.224. The summed E-state index contributed by atoms with van der Waals surface area (Å²) < 4.78 is 13.6. The first-order chi connectivity index (χ1) is 9.13. The third kappa shape index (κ3) is 3.21. The van der Waals surface area contributed by atoms with E-state index >= 15 is 0 Å². The number of hydrogen-bond donors (Lipinski definition) is 0. The minimum absolute atomic E-state index is 0.0835. The maximum atomic E-state index is 13.6. The van der Waals surface area contributed by atoms with Crippen LogP contribution in [0.3, 0.4) is 0 Å². The lowest BCUT2D eigenvalue weighted by molar-refractivity contribution is 0.0883. The second-order valence-corrected chi connectivity index (χ2v) is 5.44. The van der Waals surface area contributed by atoms with Crippen LogP contribution in [0.25, 0.3) is 0 Å². The predicted octanol–water partition coefficient (Wildman–Crippen LogP) is 3.52. The Labute approximate surface area is 114 Å². The van der Waals surface area contributed by atoms with Crippen LogP contribution < -0.4 is 0 Å². The molecule has 1 aromatic rings. The summed E-state index contributed by atoms with van der Waals surface area (Å²) >= 11 is 0. The lowest BCUT2D eigenvalue weighted by Crippen LogP contribution is -2.35. The highest BCUT2D eigenvalue weighted by Crippen LogP contribution is 2.22. The zero-order valence-electron chi connectivity index (χ0n) is 11.7. The van der Waals surface area contributed by atoms with E-state index in [1.807, 2.05) is 6.92 Å². The van der Waals surface area contributed by atoms with Crippen LogP contribution in [-0.4, -0.2) is 29.8 Å². The predicted molar refractivity (Wildman–Crippen MR) is 74.8 cm³/mol. The van der Waals surface area contributed by atoms with E-state index in [1.165, 1.54) is 18.9 Å². The molecular weight excluding hydrogens is 241 g/mol. The minimum atomic E-state index is -0.409. The molecule has 1 aliphatic rings. The lowest BCUT2D eigenvalue weighted by atomic mass is 9.98. The van der Waals surface area contributed by atoms with Gasteiger partial charge in [-0.25, -0.2) is 4.39 Å². The molecule has 2 unspecified atom stereocenters. The molecule has 1 aromatic carbocycles. The number of halogens is 1. The van der Waals surface area contributed by atoms with E-state index in [2.05, 4.69) is 11.8 Å². The van der Waals surface area contributed by atoms with Crippen molar-refractivity contribution in [2.75, 3.05) is 13.1 Å². The fourth-order valence-corrected chi connectivity index (χ4v) is 2.96. The molecule has 0 radical (unpaired) electrons. The highest BCUT2D eigenvalue weighted by molar-refractivity contribution is 5.98. The van der Waals surface area contributed by atoms with Crippen LogP contribution in [-0.2, 0) is 0 Å². The molecule has 1 aliphatic heterocycles. The number of benzene rings is 1. The monoisotopic (exact) mass is 263 g/mol. The molecule has 1 heterocycles. The third-order valence-corrected chi connectivity index (χ3v) is 4.07. The van der Waals surface area contributed by atoms with E-state index in [0.717, 1.165) is 19.5 Å². The van der Waals surface area contributed by atoms with Crippen LogP contribution >= 0.6 is 0 Å². The van der Waals surface area contributed by atoms with Crippen molar-refractivity contribution in [1.29, 1.82) is 0 Å². The molecule has 0 saturated carbocycles. The topological polar surface area (TPSA) is 20.3 Å². The second-order valence-electron chi connectivity index (χ2n) is 5.44. The van der Waals surface area contributed by atoms with E-state index in [1.54, 1.807) is 18.2 Å². The molecule has 19 heavy (non-hydrogen) atoms. The Bertz CT molecular complexity index is 446. The normalized spacial score (nSPS) is 21.5. The summed E-state index contributed by atoms with van der Waals surface area (Å²) in [5.74, 6) is -0.642. The molecule has 0 aliphatic carbocycles. The van der Waals surface area contributed by atoms with Gasteiger partial charge in [0.1, 0.15) is 5.82 Å². The van der Waals surface area contributed by atoms with Crippen molar-refractivity contribution in [1.82, 2.24) is 4.90 Å². The molecule has 0 aromatic heterocycles. The summed E-state index contributed by atoms with van der Waals surface area (Å²) in [4.78, 5) is 14.7. The largest absolute Gasteiger partial charge is 0.300 e. The highest BCUT2D eigenvalue weighted by atomic mass is 19.1. The Morgan fingerprint density at radius 2 is 2.21 bits per heavy atom. The van der Waals surface area contributed by atoms with E-state index in [4.69, 9.17) is 0 Å². The Morgan fingerprint density at radius 1 is 1.47 bits per heavy atom. The Morgan fingerprint density at radius 3 is 2.89 bits per heavy atom. The molecule has 1 saturated heterocycles. The van der Waals surface area contributed by atoms with Crippen molar-refractivity contribution in [2.24, 2.45) is 5.92 Å². The molecule has 2 rings (SSSR count). The van der Waals surface area contributed by atoms with Crippen molar-refractivity contribution in [3.8, 4) is 0 Å². The van der Waals surface area contributed by atoms with Crippen molar-refractivity contribution >= 4 is 5.78 Å². The fourth-order valence-electron chi connectivity index (χ4n) is 2.96. The number of ketones is 1. The number of hydrogen-bond acceptors (Lipinski definition) is 2. The van der Waals surface area contributed by atoms with Gasteiger partial charge in [0, 0.05) is 18.5 Å². The zero-order chi connectivity index (χ0) is 13.8. The van der Waals surface area contributed by atoms with Crippen molar-refractivity contribution < 1.29 is 9.18 Å². The second kappa shape index (κ2) is 6.29. The van der Waals surface area contributed by atoms with Gasteiger partial charge >= 0.3 is 0 Å². The lowest BCUT2D eigenvalue weighted by Gasteiger charge is -2.26. The van der Waals surface area contributed by atoms with Crippen molar-refractivity contribution in [3.05, 3.63) is 35.6 Å². The molecule has 104 valence electrons. The third-order valence-electron chi connectivity index (χ3n) is 4.07. The molecular formula is C16H22FNO. The summed E-state index contributed by atoms with van der Waals surface area (Å²) in [5, 5.41) is 0. The molecule has 0 amide bonds. The first kappa shape index (κ1) is 14.2. The number of carbonyl (C=O) groups is 1. The first-order valence-electron chi connectivity index (χ1n) is 7.16. The standard InChI is InChI=1S/C16H22FNO/c1-3-13-7-6-10-18(13)11-12(2)16(19)14-8-4-5-9-15(14)17/h4-5,8-9,12-13H,3,6-7,10-11H2,1-2H3. The van der Waals surface area contributed by atoms with Gasteiger partial charge in [-0.3, -0.25) is 9.69 Å². The number of carbonyl (C=O) groups excluding carboxylic acids is 1. The maximum Gasteiger partial charge on any atom is 0.169 e. The number of rotatable bonds is 5. The van der Waals surface area contributed by atoms with Crippen LogP contribution in [0.1, 0.15) is 43.5 Å². The number of nitrogens with zero attached hydrogens (tertiary/aromatic N) is 1. The van der Waals surface area contributed by atoms with Crippen LogP contribution in [0.5, 0.6) is 0 Å². The van der Waals surface area contributed by atoms with Crippen LogP contribution in [0.2, 0.25) is 0 Å². The Hall–Kier alpha value is -1.22. The van der Waals surface area contributed by atoms with Gasteiger partial charge in [0.25, 0.3) is 0 Å². The summed E-state index contributed by atoms with van der Waals surface area (Å²) in [6.45, 7) is 5.89. The molecule has 1 fully saturated rings. The SMILES string of the molecule is CCC1CCCN1CC(C)C(=O)c1ccccc1F. The van der Waals surface area contributed by atoms with Gasteiger partial charge in [0.05, 0.1) is 5.56 Å². The van der Waals surface area contributed by atoms with Crippen LogP contribution in [0, 0.1) is 11.7 Å². The van der Waals surface area contributed by atoms with E-state index < -0.39 is 5.82 Å². The number of Topliss-reactive ketones (excluding diaryl/α,β-unsaturated/α-hetero) is 1. The van der Waals surface area contributed by atoms with Crippen molar-refractivity contribution in [3.63, 3.8) is 0 Å². The van der Waals surface area contributed by atoms with E-state index in [-0.39, 0.29) is 17.3 Å². The molecule has 2 atom stereocenters. The van der Waals surface area contributed by atoms with Crippen LogP contribution in [0.15, 0.2) is 24.3 Å². The quantitative estimate of drug-likeness (QED) is 0.758. The van der Waals surface area contributed by atoms with Gasteiger partial charge in [0.15, 0.2) is 5.78 Å². The van der Waals surface area contributed by atoms with E-state index in [0.29, 0.717) is 6.04 Å². The van der Waals surface area contributed by atoms with Gasteiger partial charge in [-0.15, -0.1) is 0 Å². The molecule has 0 bridgehead atoms. The molecule has 0 spiro atoms. The van der Waals surface area contributed by atoms with Gasteiger partial charge in [-0.1, -0.05) is 26.0 Å². The number of likely N-dealkylation sites (tertiary alicyclic amines) is 1. The summed E-state index contributed by atoms with van der Waals surface area (Å²) in [6, 6.07) is 6.86. The average Bonchev–Trinajstić information content (AvgIpc) is 2.85. The smallest absolute Gasteiger partial charge is 0.169 e. The van der Waals surface area contributed by atoms with Crippen molar-refractivity contribution in [2.45, 2.75) is 39.2 Å². The zero-order valence-corrected chi connectivity index (χ0v) is 11.7. The molecule has 2 nitrogen and oxygen atoms in total. The minimum Gasteiger partial charge on any atom is -0.300 e. The Balaban J connectivity index is 2.02. The van der Waals surface area contributed by atoms with Gasteiger partial charge in [-0.05, 0) is 37.9 Å². The fraction of sp³-hybridized carbons (Fsp3) is 0.562.